The SMILES string of the molecule is CC(C)CC(Nc1cccc(C#N)c1)C(=O)N1CCCCN1C#N. The molecular weight excluding hydrogens is 302 g/mol. The van der Waals surface area contributed by atoms with Crippen molar-refractivity contribution in [3.63, 3.8) is 0 Å². The number of benzene rings is 1. The van der Waals surface area contributed by atoms with Crippen LogP contribution < -0.4 is 5.32 Å². The molecule has 1 heterocycles. The zero-order valence-corrected chi connectivity index (χ0v) is 14.2. The lowest BCUT2D eigenvalue weighted by Gasteiger charge is -2.37. The molecule has 1 aromatic carbocycles. The van der Waals surface area contributed by atoms with Gasteiger partial charge >= 0.3 is 0 Å². The van der Waals surface area contributed by atoms with Crippen LogP contribution in [0, 0.1) is 28.7 Å². The Bertz CT molecular complexity index is 658. The van der Waals surface area contributed by atoms with E-state index in [4.69, 9.17) is 5.26 Å². The van der Waals surface area contributed by atoms with Crippen molar-refractivity contribution in [2.24, 2.45) is 5.92 Å². The van der Waals surface area contributed by atoms with E-state index in [-0.39, 0.29) is 5.91 Å². The minimum atomic E-state index is -0.423. The minimum Gasteiger partial charge on any atom is -0.374 e. The number of rotatable bonds is 5. The summed E-state index contributed by atoms with van der Waals surface area (Å²) < 4.78 is 0. The standard InChI is InChI=1S/C18H23N5O/c1-14(2)10-17(21-16-7-5-6-15(11-16)12-19)18(24)23-9-4-3-8-22(23)13-20/h5-7,11,14,17,21H,3-4,8-10H2,1-2H3. The van der Waals surface area contributed by atoms with Crippen LogP contribution in [0.3, 0.4) is 0 Å². The van der Waals surface area contributed by atoms with Gasteiger partial charge in [0.2, 0.25) is 0 Å². The third kappa shape index (κ3) is 4.39. The Kier molecular flexibility index (Phi) is 6.03. The normalized spacial score (nSPS) is 15.5. The van der Waals surface area contributed by atoms with Crippen LogP contribution >= 0.6 is 0 Å². The molecule has 2 rings (SSSR count). The molecule has 126 valence electrons. The number of hydrogen-bond acceptors (Lipinski definition) is 5. The summed E-state index contributed by atoms with van der Waals surface area (Å²) in [6.45, 7) is 5.28. The highest BCUT2D eigenvalue weighted by molar-refractivity contribution is 5.84. The highest BCUT2D eigenvalue weighted by Gasteiger charge is 2.30. The fourth-order valence-corrected chi connectivity index (χ4v) is 2.85. The molecule has 6 nitrogen and oxygen atoms in total. The molecular formula is C18H23N5O. The Hall–Kier alpha value is -2.73. The van der Waals surface area contributed by atoms with Crippen molar-refractivity contribution >= 4 is 11.6 Å². The second-order valence-corrected chi connectivity index (χ2v) is 6.41. The van der Waals surface area contributed by atoms with Crippen molar-refractivity contribution in [2.75, 3.05) is 18.4 Å². The maximum atomic E-state index is 13.0. The van der Waals surface area contributed by atoms with Crippen LogP contribution in [0.2, 0.25) is 0 Å². The average molecular weight is 325 g/mol. The van der Waals surface area contributed by atoms with Gasteiger partial charge in [0.05, 0.1) is 18.2 Å². The molecule has 6 heteroatoms. The molecule has 1 unspecified atom stereocenters. The summed E-state index contributed by atoms with van der Waals surface area (Å²) in [5.41, 5.74) is 1.29. The highest BCUT2D eigenvalue weighted by atomic mass is 16.2. The maximum absolute atomic E-state index is 13.0. The topological polar surface area (TPSA) is 83.2 Å². The minimum absolute atomic E-state index is 0.0905. The Balaban J connectivity index is 2.19. The Morgan fingerprint density at radius 1 is 1.29 bits per heavy atom. The molecule has 1 fully saturated rings. The number of hydrogen-bond donors (Lipinski definition) is 1. The molecule has 0 radical (unpaired) electrons. The third-order valence-electron chi connectivity index (χ3n) is 3.99. The number of hydrazine groups is 1. The van der Waals surface area contributed by atoms with Gasteiger partial charge in [0.25, 0.3) is 5.91 Å². The van der Waals surface area contributed by atoms with Crippen molar-refractivity contribution in [3.05, 3.63) is 29.8 Å². The van der Waals surface area contributed by atoms with Gasteiger partial charge in [-0.2, -0.15) is 10.5 Å². The van der Waals surface area contributed by atoms with Crippen molar-refractivity contribution in [2.45, 2.75) is 39.2 Å². The zero-order valence-electron chi connectivity index (χ0n) is 14.2. The van der Waals surface area contributed by atoms with E-state index in [0.717, 1.165) is 18.5 Å². The second kappa shape index (κ2) is 8.21. The monoisotopic (exact) mass is 325 g/mol. The molecule has 0 aromatic heterocycles. The molecule has 1 N–H and O–H groups in total. The van der Waals surface area contributed by atoms with Gasteiger partial charge in [0, 0.05) is 12.2 Å². The number of carbonyl (C=O) groups excluding carboxylic acids is 1. The van der Waals surface area contributed by atoms with Gasteiger partial charge in [-0.25, -0.2) is 10.0 Å². The largest absolute Gasteiger partial charge is 0.374 e. The van der Waals surface area contributed by atoms with Gasteiger partial charge in [-0.1, -0.05) is 19.9 Å². The molecule has 0 bridgehead atoms. The summed E-state index contributed by atoms with van der Waals surface area (Å²) in [6.07, 6.45) is 4.58. The maximum Gasteiger partial charge on any atom is 0.264 e. The van der Waals surface area contributed by atoms with Crippen molar-refractivity contribution in [1.29, 1.82) is 10.5 Å². The molecule has 0 saturated carbocycles. The highest BCUT2D eigenvalue weighted by Crippen LogP contribution is 2.19. The molecule has 24 heavy (non-hydrogen) atoms. The molecule has 0 spiro atoms. The Labute approximate surface area is 143 Å². The van der Waals surface area contributed by atoms with E-state index < -0.39 is 6.04 Å². The first kappa shape index (κ1) is 17.6. The molecule has 1 aromatic rings. The predicted octanol–water partition coefficient (Wildman–Crippen LogP) is 2.71. The summed E-state index contributed by atoms with van der Waals surface area (Å²) >= 11 is 0. The van der Waals surface area contributed by atoms with E-state index in [1.165, 1.54) is 5.01 Å². The molecule has 0 aliphatic carbocycles. The van der Waals surface area contributed by atoms with Crippen LogP contribution in [0.15, 0.2) is 24.3 Å². The lowest BCUT2D eigenvalue weighted by atomic mass is 10.0. The van der Waals surface area contributed by atoms with Crippen LogP contribution in [0.25, 0.3) is 0 Å². The van der Waals surface area contributed by atoms with Crippen molar-refractivity contribution < 1.29 is 4.79 Å². The van der Waals surface area contributed by atoms with E-state index in [1.807, 2.05) is 6.07 Å². The second-order valence-electron chi connectivity index (χ2n) is 6.41. The number of carbonyl (C=O) groups is 1. The quantitative estimate of drug-likeness (QED) is 0.842. The average Bonchev–Trinajstić information content (AvgIpc) is 2.60. The van der Waals surface area contributed by atoms with Crippen molar-refractivity contribution in [1.82, 2.24) is 10.0 Å². The van der Waals surface area contributed by atoms with Crippen LogP contribution in [-0.4, -0.2) is 35.1 Å². The van der Waals surface area contributed by atoms with Crippen LogP contribution in [0.1, 0.15) is 38.7 Å². The van der Waals surface area contributed by atoms with E-state index >= 15 is 0 Å². The van der Waals surface area contributed by atoms with Gasteiger partial charge in [-0.15, -0.1) is 0 Å². The van der Waals surface area contributed by atoms with E-state index in [2.05, 4.69) is 31.4 Å². The van der Waals surface area contributed by atoms with Crippen LogP contribution in [0.5, 0.6) is 0 Å². The van der Waals surface area contributed by atoms with Gasteiger partial charge in [-0.05, 0) is 43.4 Å². The van der Waals surface area contributed by atoms with E-state index in [1.54, 1.807) is 23.2 Å². The van der Waals surface area contributed by atoms with Gasteiger partial charge < -0.3 is 5.32 Å². The molecule has 1 aliphatic heterocycles. The fourth-order valence-electron chi connectivity index (χ4n) is 2.85. The number of nitriles is 2. The number of nitrogens with one attached hydrogen (secondary N) is 1. The Morgan fingerprint density at radius 3 is 2.71 bits per heavy atom. The first-order valence-corrected chi connectivity index (χ1v) is 8.30. The van der Waals surface area contributed by atoms with Gasteiger partial charge in [-0.3, -0.25) is 4.79 Å². The summed E-state index contributed by atoms with van der Waals surface area (Å²) in [4.78, 5) is 13.0. The van der Waals surface area contributed by atoms with Crippen LogP contribution in [0.4, 0.5) is 5.69 Å². The molecule has 1 saturated heterocycles. The van der Waals surface area contributed by atoms with E-state index in [0.29, 0.717) is 31.0 Å². The smallest absolute Gasteiger partial charge is 0.264 e. The number of amides is 1. The first-order valence-electron chi connectivity index (χ1n) is 8.30. The third-order valence-corrected chi connectivity index (χ3v) is 3.99. The summed E-state index contributed by atoms with van der Waals surface area (Å²) in [6, 6.07) is 8.78. The fraction of sp³-hybridized carbons (Fsp3) is 0.500. The number of nitrogens with zero attached hydrogens (tertiary/aromatic N) is 4. The van der Waals surface area contributed by atoms with Gasteiger partial charge in [0.15, 0.2) is 6.19 Å². The molecule has 1 amide bonds. The Morgan fingerprint density at radius 2 is 2.04 bits per heavy atom. The van der Waals surface area contributed by atoms with Crippen LogP contribution in [-0.2, 0) is 4.79 Å². The number of anilines is 1. The lowest BCUT2D eigenvalue weighted by Crippen LogP contribution is -2.53. The lowest BCUT2D eigenvalue weighted by molar-refractivity contribution is -0.147. The summed E-state index contributed by atoms with van der Waals surface area (Å²) in [5.74, 6) is 0.234. The van der Waals surface area contributed by atoms with Gasteiger partial charge in [0.1, 0.15) is 6.04 Å². The zero-order chi connectivity index (χ0) is 17.5. The first-order chi connectivity index (χ1) is 11.5. The summed E-state index contributed by atoms with van der Waals surface area (Å²) in [5, 5.41) is 24.5. The predicted molar refractivity (Wildman–Crippen MR) is 91.3 cm³/mol. The molecule has 1 atom stereocenters. The summed E-state index contributed by atoms with van der Waals surface area (Å²) in [7, 11) is 0. The van der Waals surface area contributed by atoms with E-state index in [9.17, 15) is 10.1 Å². The van der Waals surface area contributed by atoms with Crippen molar-refractivity contribution in [3.8, 4) is 12.3 Å². The molecule has 1 aliphatic rings.